The van der Waals surface area contributed by atoms with Gasteiger partial charge in [-0.3, -0.25) is 0 Å². The van der Waals surface area contributed by atoms with Gasteiger partial charge in [0, 0.05) is 12.2 Å². The van der Waals surface area contributed by atoms with Crippen molar-refractivity contribution in [1.29, 1.82) is 0 Å². The number of halogens is 1. The molecule has 98 valence electrons. The van der Waals surface area contributed by atoms with E-state index in [1.54, 1.807) is 0 Å². The van der Waals surface area contributed by atoms with E-state index in [1.165, 1.54) is 11.1 Å². The average molecular weight is 255 g/mol. The molecule has 2 aromatic carbocycles. The molecular weight excluding hydrogens is 237 g/mol. The van der Waals surface area contributed by atoms with Crippen LogP contribution in [0.25, 0.3) is 0 Å². The molecule has 0 bridgehead atoms. The molecule has 1 aliphatic rings. The van der Waals surface area contributed by atoms with Gasteiger partial charge < -0.3 is 4.90 Å². The maximum Gasteiger partial charge on any atom is 0.114 e. The highest BCUT2D eigenvalue weighted by Gasteiger charge is 2.27. The van der Waals surface area contributed by atoms with Gasteiger partial charge in [0.05, 0.1) is 6.04 Å². The van der Waals surface area contributed by atoms with Gasteiger partial charge in [-0.15, -0.1) is 0 Å². The van der Waals surface area contributed by atoms with Crippen molar-refractivity contribution >= 4 is 5.69 Å². The number of anilines is 1. The lowest BCUT2D eigenvalue weighted by Crippen LogP contribution is -2.36. The second kappa shape index (κ2) is 5.04. The summed E-state index contributed by atoms with van der Waals surface area (Å²) in [5, 5.41) is 0. The molecule has 0 aliphatic carbocycles. The third-order valence-electron chi connectivity index (χ3n) is 3.92. The summed E-state index contributed by atoms with van der Waals surface area (Å²) in [6.07, 6.45) is 0.987. The first kappa shape index (κ1) is 12.2. The Morgan fingerprint density at radius 1 is 1.11 bits per heavy atom. The van der Waals surface area contributed by atoms with Crippen molar-refractivity contribution in [3.8, 4) is 0 Å². The number of nitrogens with zero attached hydrogens (tertiary/aromatic N) is 1. The van der Waals surface area contributed by atoms with Gasteiger partial charge in [-0.25, -0.2) is 4.39 Å². The van der Waals surface area contributed by atoms with E-state index in [9.17, 15) is 4.39 Å². The second-order valence-corrected chi connectivity index (χ2v) is 5.15. The van der Waals surface area contributed by atoms with E-state index < -0.39 is 0 Å². The molecule has 0 aromatic heterocycles. The Hall–Kier alpha value is -1.83. The van der Waals surface area contributed by atoms with Crippen molar-refractivity contribution in [2.75, 3.05) is 18.1 Å². The van der Waals surface area contributed by atoms with E-state index >= 15 is 0 Å². The van der Waals surface area contributed by atoms with Gasteiger partial charge in [0.1, 0.15) is 6.67 Å². The van der Waals surface area contributed by atoms with Crippen LogP contribution in [0.15, 0.2) is 48.5 Å². The van der Waals surface area contributed by atoms with E-state index in [0.29, 0.717) is 0 Å². The van der Waals surface area contributed by atoms with Crippen LogP contribution in [-0.2, 0) is 6.42 Å². The molecule has 1 nitrogen and oxygen atoms in total. The van der Waals surface area contributed by atoms with E-state index in [-0.39, 0.29) is 12.7 Å². The zero-order valence-corrected chi connectivity index (χ0v) is 11.1. The smallest absolute Gasteiger partial charge is 0.114 e. The Balaban J connectivity index is 1.98. The highest BCUT2D eigenvalue weighted by Crippen LogP contribution is 2.33. The Morgan fingerprint density at radius 2 is 1.84 bits per heavy atom. The number of benzene rings is 2. The Morgan fingerprint density at radius 3 is 2.58 bits per heavy atom. The van der Waals surface area contributed by atoms with Crippen LogP contribution in [0, 0.1) is 6.92 Å². The summed E-state index contributed by atoms with van der Waals surface area (Å²) in [6.45, 7) is 2.61. The third-order valence-corrected chi connectivity index (χ3v) is 3.92. The quantitative estimate of drug-likeness (QED) is 0.782. The normalized spacial score (nSPS) is 18.2. The minimum atomic E-state index is -0.342. The van der Waals surface area contributed by atoms with Crippen molar-refractivity contribution in [3.63, 3.8) is 0 Å². The first-order valence-electron chi connectivity index (χ1n) is 6.76. The number of alkyl halides is 1. The summed E-state index contributed by atoms with van der Waals surface area (Å²) in [4.78, 5) is 2.18. The topological polar surface area (TPSA) is 3.24 Å². The summed E-state index contributed by atoms with van der Waals surface area (Å²) >= 11 is 0. The first-order valence-corrected chi connectivity index (χ1v) is 6.76. The minimum absolute atomic E-state index is 0.146. The fourth-order valence-corrected chi connectivity index (χ4v) is 2.86. The molecule has 0 saturated heterocycles. The summed E-state index contributed by atoms with van der Waals surface area (Å²) in [6, 6.07) is 16.4. The van der Waals surface area contributed by atoms with Crippen LogP contribution in [0.3, 0.4) is 0 Å². The lowest BCUT2D eigenvalue weighted by atomic mass is 9.92. The molecule has 19 heavy (non-hydrogen) atoms. The van der Waals surface area contributed by atoms with Crippen LogP contribution in [-0.4, -0.2) is 13.2 Å². The third kappa shape index (κ3) is 2.23. The largest absolute Gasteiger partial charge is 0.361 e. The fourth-order valence-electron chi connectivity index (χ4n) is 2.86. The van der Waals surface area contributed by atoms with Crippen LogP contribution in [0.5, 0.6) is 0 Å². The summed E-state index contributed by atoms with van der Waals surface area (Å²) in [5.74, 6) is 0. The van der Waals surface area contributed by atoms with Crippen LogP contribution >= 0.6 is 0 Å². The first-order chi connectivity index (χ1) is 9.29. The van der Waals surface area contributed by atoms with Gasteiger partial charge in [-0.2, -0.15) is 0 Å². The van der Waals surface area contributed by atoms with Gasteiger partial charge in [0.15, 0.2) is 0 Å². The molecule has 1 aliphatic heterocycles. The highest BCUT2D eigenvalue weighted by atomic mass is 19.1. The molecule has 0 amide bonds. The number of rotatable bonds is 2. The Bertz CT molecular complexity index is 562. The molecule has 0 spiro atoms. The predicted molar refractivity (Wildman–Crippen MR) is 77.4 cm³/mol. The molecule has 2 heteroatoms. The van der Waals surface area contributed by atoms with Crippen molar-refractivity contribution in [1.82, 2.24) is 0 Å². The maximum absolute atomic E-state index is 13.5. The molecule has 0 fully saturated rings. The zero-order chi connectivity index (χ0) is 13.2. The number of aryl methyl sites for hydroxylation is 1. The monoisotopic (exact) mass is 255 g/mol. The predicted octanol–water partition coefficient (Wildman–Crippen LogP) is 4.07. The van der Waals surface area contributed by atoms with E-state index in [0.717, 1.165) is 24.2 Å². The van der Waals surface area contributed by atoms with Crippen LogP contribution in [0.1, 0.15) is 22.7 Å². The van der Waals surface area contributed by atoms with Crippen molar-refractivity contribution in [2.45, 2.75) is 19.4 Å². The SMILES string of the molecule is Cc1ccc(N2CCc3ccccc3C2CF)cc1. The van der Waals surface area contributed by atoms with Gasteiger partial charge >= 0.3 is 0 Å². The maximum atomic E-state index is 13.5. The van der Waals surface area contributed by atoms with Crippen molar-refractivity contribution in [3.05, 3.63) is 65.2 Å². The molecule has 3 rings (SSSR count). The van der Waals surface area contributed by atoms with Crippen molar-refractivity contribution < 1.29 is 4.39 Å². The molecule has 1 unspecified atom stereocenters. The average Bonchev–Trinajstić information content (AvgIpc) is 2.47. The Kier molecular flexibility index (Phi) is 3.24. The number of fused-ring (bicyclic) bond motifs is 1. The number of hydrogen-bond donors (Lipinski definition) is 0. The van der Waals surface area contributed by atoms with Gasteiger partial charge in [-0.1, -0.05) is 42.0 Å². The molecule has 0 saturated carbocycles. The lowest BCUT2D eigenvalue weighted by molar-refractivity contribution is 0.406. The minimum Gasteiger partial charge on any atom is -0.361 e. The summed E-state index contributed by atoms with van der Waals surface area (Å²) < 4.78 is 13.5. The molecule has 2 aromatic rings. The van der Waals surface area contributed by atoms with Crippen LogP contribution in [0.4, 0.5) is 10.1 Å². The van der Waals surface area contributed by atoms with Gasteiger partial charge in [-0.05, 0) is 36.6 Å². The van der Waals surface area contributed by atoms with Crippen molar-refractivity contribution in [2.24, 2.45) is 0 Å². The Labute approximate surface area is 113 Å². The summed E-state index contributed by atoms with van der Waals surface area (Å²) in [5.41, 5.74) is 4.77. The molecule has 1 heterocycles. The molecular formula is C17H18FN. The van der Waals surface area contributed by atoms with E-state index in [1.807, 2.05) is 12.1 Å². The molecule has 0 radical (unpaired) electrons. The van der Waals surface area contributed by atoms with Gasteiger partial charge in [0.2, 0.25) is 0 Å². The van der Waals surface area contributed by atoms with Gasteiger partial charge in [0.25, 0.3) is 0 Å². The number of hydrogen-bond acceptors (Lipinski definition) is 1. The van der Waals surface area contributed by atoms with E-state index in [2.05, 4.69) is 48.2 Å². The van der Waals surface area contributed by atoms with Crippen LogP contribution < -0.4 is 4.90 Å². The molecule has 1 atom stereocenters. The zero-order valence-electron chi connectivity index (χ0n) is 11.1. The standard InChI is InChI=1S/C17H18FN/c1-13-6-8-15(9-7-13)19-11-10-14-4-2-3-5-16(14)17(19)12-18/h2-9,17H,10-12H2,1H3. The molecule has 0 N–H and O–H groups in total. The highest BCUT2D eigenvalue weighted by molar-refractivity contribution is 5.53. The summed E-state index contributed by atoms with van der Waals surface area (Å²) in [7, 11) is 0. The van der Waals surface area contributed by atoms with Crippen LogP contribution in [0.2, 0.25) is 0 Å². The fraction of sp³-hybridized carbons (Fsp3) is 0.294. The lowest BCUT2D eigenvalue weighted by Gasteiger charge is -2.37. The van der Waals surface area contributed by atoms with E-state index in [4.69, 9.17) is 0 Å². The second-order valence-electron chi connectivity index (χ2n) is 5.15.